The fourth-order valence-electron chi connectivity index (χ4n) is 1.70. The second-order valence-corrected chi connectivity index (χ2v) is 3.47. The molecule has 0 radical (unpaired) electrons. The molecule has 1 aromatic rings. The number of nitrogens with zero attached hydrogens (tertiary/aromatic N) is 1. The van der Waals surface area contributed by atoms with Crippen molar-refractivity contribution in [1.29, 1.82) is 0 Å². The van der Waals surface area contributed by atoms with E-state index in [-0.39, 0.29) is 0 Å². The Labute approximate surface area is 81.3 Å². The van der Waals surface area contributed by atoms with Crippen LogP contribution in [0.5, 0.6) is 5.88 Å². The van der Waals surface area contributed by atoms with Crippen molar-refractivity contribution in [3.63, 3.8) is 0 Å². The average Bonchev–Trinajstić information content (AvgIpc) is 2.46. The first-order chi connectivity index (χ1) is 6.22. The standard InChI is InChI=1S/C9H10ClNO2/c1-13-9-8-5(2-3-6(8)12)4-7(10)11-9/h4,6,12H,2-3H2,1H3. The highest BCUT2D eigenvalue weighted by Gasteiger charge is 2.25. The molecule has 13 heavy (non-hydrogen) atoms. The maximum absolute atomic E-state index is 9.62. The molecular formula is C9H10ClNO2. The van der Waals surface area contributed by atoms with Gasteiger partial charge in [-0.25, -0.2) is 4.98 Å². The largest absolute Gasteiger partial charge is 0.481 e. The summed E-state index contributed by atoms with van der Waals surface area (Å²) in [6.07, 6.45) is 1.12. The van der Waals surface area contributed by atoms with Gasteiger partial charge in [0.2, 0.25) is 5.88 Å². The number of aromatic nitrogens is 1. The summed E-state index contributed by atoms with van der Waals surface area (Å²) in [7, 11) is 1.53. The van der Waals surface area contributed by atoms with Crippen molar-refractivity contribution in [2.45, 2.75) is 18.9 Å². The third-order valence-electron chi connectivity index (χ3n) is 2.29. The van der Waals surface area contributed by atoms with Crippen molar-refractivity contribution >= 4 is 11.6 Å². The highest BCUT2D eigenvalue weighted by molar-refractivity contribution is 6.29. The van der Waals surface area contributed by atoms with Gasteiger partial charge in [-0.3, -0.25) is 0 Å². The smallest absolute Gasteiger partial charge is 0.220 e. The number of hydrogen-bond acceptors (Lipinski definition) is 3. The van der Waals surface area contributed by atoms with E-state index in [1.165, 1.54) is 7.11 Å². The highest BCUT2D eigenvalue weighted by Crippen LogP contribution is 2.37. The summed E-state index contributed by atoms with van der Waals surface area (Å²) in [5.41, 5.74) is 1.84. The van der Waals surface area contributed by atoms with E-state index < -0.39 is 6.10 Å². The van der Waals surface area contributed by atoms with Gasteiger partial charge >= 0.3 is 0 Å². The number of halogens is 1. The first kappa shape index (κ1) is 8.78. The van der Waals surface area contributed by atoms with Crippen molar-refractivity contribution < 1.29 is 9.84 Å². The first-order valence-electron chi connectivity index (χ1n) is 4.13. The number of aliphatic hydroxyl groups excluding tert-OH is 1. The Morgan fingerprint density at radius 1 is 1.69 bits per heavy atom. The zero-order valence-corrected chi connectivity index (χ0v) is 8.01. The molecule has 0 aromatic carbocycles. The molecule has 1 aliphatic rings. The zero-order valence-electron chi connectivity index (χ0n) is 7.25. The summed E-state index contributed by atoms with van der Waals surface area (Å²) in [6.45, 7) is 0. The van der Waals surface area contributed by atoms with E-state index in [0.717, 1.165) is 24.0 Å². The van der Waals surface area contributed by atoms with Gasteiger partial charge in [0.25, 0.3) is 0 Å². The van der Waals surface area contributed by atoms with Gasteiger partial charge in [0.05, 0.1) is 13.2 Å². The Kier molecular flexibility index (Phi) is 2.14. The highest BCUT2D eigenvalue weighted by atomic mass is 35.5. The molecule has 1 unspecified atom stereocenters. The topological polar surface area (TPSA) is 42.4 Å². The summed E-state index contributed by atoms with van der Waals surface area (Å²) < 4.78 is 5.05. The summed E-state index contributed by atoms with van der Waals surface area (Å²) in [4.78, 5) is 4.00. The van der Waals surface area contributed by atoms with Crippen LogP contribution in [0, 0.1) is 0 Å². The molecule has 1 heterocycles. The Balaban J connectivity index is 2.57. The Morgan fingerprint density at radius 3 is 3.15 bits per heavy atom. The molecule has 0 aliphatic heterocycles. The summed E-state index contributed by atoms with van der Waals surface area (Å²) >= 11 is 5.78. The molecule has 1 aromatic heterocycles. The van der Waals surface area contributed by atoms with Crippen molar-refractivity contribution in [2.75, 3.05) is 7.11 Å². The van der Waals surface area contributed by atoms with Gasteiger partial charge in [0.1, 0.15) is 5.15 Å². The van der Waals surface area contributed by atoms with Crippen LogP contribution >= 0.6 is 11.6 Å². The van der Waals surface area contributed by atoms with Gasteiger partial charge in [0, 0.05) is 5.56 Å². The third-order valence-corrected chi connectivity index (χ3v) is 2.49. The van der Waals surface area contributed by atoms with Crippen molar-refractivity contribution in [2.24, 2.45) is 0 Å². The molecular weight excluding hydrogens is 190 g/mol. The van der Waals surface area contributed by atoms with Crippen molar-refractivity contribution in [1.82, 2.24) is 4.98 Å². The van der Waals surface area contributed by atoms with Crippen LogP contribution in [0.2, 0.25) is 5.15 Å². The summed E-state index contributed by atoms with van der Waals surface area (Å²) in [5.74, 6) is 0.451. The second kappa shape index (κ2) is 3.16. The van der Waals surface area contributed by atoms with E-state index in [0.29, 0.717) is 11.0 Å². The molecule has 0 saturated carbocycles. The van der Waals surface area contributed by atoms with Gasteiger partial charge in [-0.05, 0) is 24.5 Å². The van der Waals surface area contributed by atoms with Gasteiger partial charge in [-0.1, -0.05) is 11.6 Å². The molecule has 0 saturated heterocycles. The monoisotopic (exact) mass is 199 g/mol. The lowest BCUT2D eigenvalue weighted by Crippen LogP contribution is -1.98. The number of hydrogen-bond donors (Lipinski definition) is 1. The van der Waals surface area contributed by atoms with Gasteiger partial charge < -0.3 is 9.84 Å². The fourth-order valence-corrected chi connectivity index (χ4v) is 1.91. The van der Waals surface area contributed by atoms with Crippen LogP contribution in [0.25, 0.3) is 0 Å². The van der Waals surface area contributed by atoms with Gasteiger partial charge in [0.15, 0.2) is 0 Å². The van der Waals surface area contributed by atoms with Crippen LogP contribution < -0.4 is 4.74 Å². The molecule has 0 fully saturated rings. The summed E-state index contributed by atoms with van der Waals surface area (Å²) in [5, 5.41) is 10.0. The molecule has 3 nitrogen and oxygen atoms in total. The lowest BCUT2D eigenvalue weighted by Gasteiger charge is -2.09. The maximum atomic E-state index is 9.62. The molecule has 4 heteroatoms. The van der Waals surface area contributed by atoms with Crippen LogP contribution in [0.1, 0.15) is 23.7 Å². The number of pyridine rings is 1. The minimum atomic E-state index is -0.449. The Hall–Kier alpha value is -0.800. The SMILES string of the molecule is COc1nc(Cl)cc2c1C(O)CC2. The number of fused-ring (bicyclic) bond motifs is 1. The number of aliphatic hydroxyl groups is 1. The van der Waals surface area contributed by atoms with E-state index in [4.69, 9.17) is 16.3 Å². The summed E-state index contributed by atoms with van der Waals surface area (Å²) in [6, 6.07) is 1.79. The Morgan fingerprint density at radius 2 is 2.46 bits per heavy atom. The Bertz CT molecular complexity index is 341. The lowest BCUT2D eigenvalue weighted by molar-refractivity contribution is 0.175. The quantitative estimate of drug-likeness (QED) is 0.701. The molecule has 0 bridgehead atoms. The third kappa shape index (κ3) is 1.38. The number of methoxy groups -OCH3 is 1. The van der Waals surface area contributed by atoms with E-state index in [2.05, 4.69) is 4.98 Å². The molecule has 70 valence electrons. The molecule has 2 rings (SSSR count). The van der Waals surface area contributed by atoms with E-state index in [1.54, 1.807) is 6.07 Å². The second-order valence-electron chi connectivity index (χ2n) is 3.08. The average molecular weight is 200 g/mol. The molecule has 0 amide bonds. The number of ether oxygens (including phenoxy) is 1. The van der Waals surface area contributed by atoms with E-state index in [1.807, 2.05) is 0 Å². The molecule has 1 aliphatic carbocycles. The first-order valence-corrected chi connectivity index (χ1v) is 4.51. The lowest BCUT2D eigenvalue weighted by atomic mass is 10.1. The maximum Gasteiger partial charge on any atom is 0.220 e. The minimum Gasteiger partial charge on any atom is -0.481 e. The van der Waals surface area contributed by atoms with Crippen LogP contribution in [-0.2, 0) is 6.42 Å². The zero-order chi connectivity index (χ0) is 9.42. The fraction of sp³-hybridized carbons (Fsp3) is 0.444. The van der Waals surface area contributed by atoms with Crippen LogP contribution in [0.15, 0.2) is 6.07 Å². The van der Waals surface area contributed by atoms with Gasteiger partial charge in [-0.15, -0.1) is 0 Å². The van der Waals surface area contributed by atoms with Crippen molar-refractivity contribution in [3.8, 4) is 5.88 Å². The number of rotatable bonds is 1. The molecule has 1 N–H and O–H groups in total. The van der Waals surface area contributed by atoms with Crippen LogP contribution in [-0.4, -0.2) is 17.2 Å². The molecule has 0 spiro atoms. The van der Waals surface area contributed by atoms with E-state index in [9.17, 15) is 5.11 Å². The van der Waals surface area contributed by atoms with Crippen LogP contribution in [0.3, 0.4) is 0 Å². The number of aryl methyl sites for hydroxylation is 1. The minimum absolute atomic E-state index is 0.421. The van der Waals surface area contributed by atoms with E-state index >= 15 is 0 Å². The molecule has 1 atom stereocenters. The van der Waals surface area contributed by atoms with Gasteiger partial charge in [-0.2, -0.15) is 0 Å². The normalized spacial score (nSPS) is 20.1. The van der Waals surface area contributed by atoms with Crippen molar-refractivity contribution in [3.05, 3.63) is 22.3 Å². The predicted molar refractivity (Wildman–Crippen MR) is 49.1 cm³/mol. The van der Waals surface area contributed by atoms with Crippen LogP contribution in [0.4, 0.5) is 0 Å². The predicted octanol–water partition coefficient (Wildman–Crippen LogP) is 1.72.